The van der Waals surface area contributed by atoms with Gasteiger partial charge in [-0.15, -0.1) is 0 Å². The maximum Gasteiger partial charge on any atom is 0.147 e. The van der Waals surface area contributed by atoms with Gasteiger partial charge in [-0.1, -0.05) is 37.5 Å². The van der Waals surface area contributed by atoms with Crippen LogP contribution in [-0.2, 0) is 22.3 Å². The number of hydrogen-bond acceptors (Lipinski definition) is 10. The van der Waals surface area contributed by atoms with Crippen molar-refractivity contribution in [2.75, 3.05) is 13.2 Å². The summed E-state index contributed by atoms with van der Waals surface area (Å²) in [6.45, 7) is 2.79. The Kier molecular flexibility index (Phi) is 9.86. The first kappa shape index (κ1) is 28.5. The molecule has 0 bridgehead atoms. The first-order valence-electron chi connectivity index (χ1n) is 12.0. The third kappa shape index (κ3) is 5.91. The third-order valence-electron chi connectivity index (χ3n) is 6.55. The van der Waals surface area contributed by atoms with Crippen molar-refractivity contribution in [2.24, 2.45) is 0 Å². The summed E-state index contributed by atoms with van der Waals surface area (Å²) in [6.07, 6.45) is -11.9. The van der Waals surface area contributed by atoms with Gasteiger partial charge in [-0.2, -0.15) is 0 Å². The molecule has 2 saturated heterocycles. The first-order valence-corrected chi connectivity index (χ1v) is 12.0. The van der Waals surface area contributed by atoms with Gasteiger partial charge in [0.15, 0.2) is 0 Å². The highest BCUT2D eigenvalue weighted by Gasteiger charge is 2.43. The summed E-state index contributed by atoms with van der Waals surface area (Å²) in [7, 11) is 0. The van der Waals surface area contributed by atoms with Crippen LogP contribution in [0.2, 0.25) is 0 Å². The predicted molar refractivity (Wildman–Crippen MR) is 126 cm³/mol. The second-order valence-corrected chi connectivity index (χ2v) is 8.91. The fourth-order valence-corrected chi connectivity index (χ4v) is 4.30. The minimum atomic E-state index is -1.51. The van der Waals surface area contributed by atoms with E-state index in [9.17, 15) is 40.9 Å². The summed E-state index contributed by atoms with van der Waals surface area (Å²) in [5.74, 6) is 11.5. The minimum Gasteiger partial charge on any atom is -0.394 e. The van der Waals surface area contributed by atoms with Gasteiger partial charge in [0.1, 0.15) is 61.0 Å². The van der Waals surface area contributed by atoms with Gasteiger partial charge in [0.25, 0.3) is 0 Å². The van der Waals surface area contributed by atoms with Crippen LogP contribution < -0.4 is 0 Å². The highest BCUT2D eigenvalue weighted by atomic mass is 16.5. The van der Waals surface area contributed by atoms with Crippen molar-refractivity contribution in [1.82, 2.24) is 0 Å². The van der Waals surface area contributed by atoms with Crippen molar-refractivity contribution in [3.05, 3.63) is 34.4 Å². The number of aliphatic hydroxyl groups is 8. The van der Waals surface area contributed by atoms with E-state index in [4.69, 9.17) is 9.47 Å². The van der Waals surface area contributed by atoms with E-state index in [1.165, 1.54) is 0 Å². The van der Waals surface area contributed by atoms with Gasteiger partial charge in [-0.05, 0) is 36.1 Å². The minimum absolute atomic E-state index is 0.536. The average Bonchev–Trinajstić information content (AvgIpc) is 2.89. The van der Waals surface area contributed by atoms with Gasteiger partial charge in [0, 0.05) is 11.1 Å². The third-order valence-corrected chi connectivity index (χ3v) is 6.55. The van der Waals surface area contributed by atoms with E-state index in [2.05, 4.69) is 23.7 Å². The molecule has 0 amide bonds. The molecule has 10 unspecified atom stereocenters. The van der Waals surface area contributed by atoms with Gasteiger partial charge >= 0.3 is 0 Å². The summed E-state index contributed by atoms with van der Waals surface area (Å²) >= 11 is 0. The molecule has 8 N–H and O–H groups in total. The van der Waals surface area contributed by atoms with Crippen LogP contribution in [0.15, 0.2) is 12.1 Å². The Hall–Kier alpha value is -2.06. The Balaban J connectivity index is 1.89. The number of aryl methyl sites for hydroxylation is 2. The van der Waals surface area contributed by atoms with Crippen LogP contribution in [0.1, 0.15) is 36.1 Å². The molecule has 3 rings (SSSR count). The zero-order valence-corrected chi connectivity index (χ0v) is 20.2. The lowest BCUT2D eigenvalue weighted by Gasteiger charge is -2.37. The van der Waals surface area contributed by atoms with Crippen LogP contribution in [0.5, 0.6) is 0 Å². The summed E-state index contributed by atoms with van der Waals surface area (Å²) in [4.78, 5) is 0. The molecule has 36 heavy (non-hydrogen) atoms. The van der Waals surface area contributed by atoms with E-state index in [1.54, 1.807) is 0 Å². The Morgan fingerprint density at radius 1 is 0.639 bits per heavy atom. The van der Waals surface area contributed by atoms with Gasteiger partial charge in [-0.25, -0.2) is 0 Å². The maximum absolute atomic E-state index is 10.3. The van der Waals surface area contributed by atoms with Crippen molar-refractivity contribution in [2.45, 2.75) is 87.7 Å². The topological polar surface area (TPSA) is 180 Å². The monoisotopic (exact) mass is 506 g/mol. The van der Waals surface area contributed by atoms with Crippen molar-refractivity contribution < 1.29 is 50.3 Å². The van der Waals surface area contributed by atoms with E-state index in [0.717, 1.165) is 11.1 Å². The number of hydrogen-bond donors (Lipinski definition) is 8. The zero-order chi connectivity index (χ0) is 26.6. The van der Waals surface area contributed by atoms with Crippen LogP contribution in [-0.4, -0.2) is 115 Å². The molecule has 0 spiro atoms. The molecule has 0 aliphatic carbocycles. The summed E-state index contributed by atoms with van der Waals surface area (Å²) < 4.78 is 10.9. The standard InChI is InChI=1S/C26H34O10/c1-3-14-9-13(5-7-17-21(29)25(33)23(31)19(11-27)35-17)10-15(4-2)16(14)6-8-18-22(30)26(34)24(32)20(12-28)36-18/h9-10,17-34H,3-4,11-12H2,1-2H3. The first-order chi connectivity index (χ1) is 17.2. The van der Waals surface area contributed by atoms with Crippen LogP contribution in [0.3, 0.4) is 0 Å². The predicted octanol–water partition coefficient (Wildman–Crippen LogP) is -2.80. The molecule has 0 aromatic heterocycles. The number of rotatable bonds is 4. The molecule has 10 atom stereocenters. The smallest absolute Gasteiger partial charge is 0.147 e. The fraction of sp³-hybridized carbons (Fsp3) is 0.615. The lowest BCUT2D eigenvalue weighted by molar-refractivity contribution is -0.214. The molecule has 2 heterocycles. The zero-order valence-electron chi connectivity index (χ0n) is 20.2. The molecule has 198 valence electrons. The Bertz CT molecular complexity index is 992. The van der Waals surface area contributed by atoms with Crippen LogP contribution in [0, 0.1) is 23.7 Å². The number of benzene rings is 1. The van der Waals surface area contributed by atoms with Crippen molar-refractivity contribution in [3.63, 3.8) is 0 Å². The molecule has 10 nitrogen and oxygen atoms in total. The highest BCUT2D eigenvalue weighted by Crippen LogP contribution is 2.24. The quantitative estimate of drug-likeness (QED) is 0.199. The van der Waals surface area contributed by atoms with Crippen molar-refractivity contribution >= 4 is 0 Å². The van der Waals surface area contributed by atoms with Crippen molar-refractivity contribution in [1.29, 1.82) is 0 Å². The van der Waals surface area contributed by atoms with Crippen molar-refractivity contribution in [3.8, 4) is 23.7 Å². The molecule has 2 aliphatic heterocycles. The van der Waals surface area contributed by atoms with Gasteiger partial charge < -0.3 is 50.3 Å². The second-order valence-electron chi connectivity index (χ2n) is 8.91. The Morgan fingerprint density at radius 2 is 1.06 bits per heavy atom. The van der Waals surface area contributed by atoms with Crippen LogP contribution >= 0.6 is 0 Å². The molecule has 1 aromatic carbocycles. The summed E-state index contributed by atoms with van der Waals surface area (Å²) in [5.41, 5.74) is 3.02. The summed E-state index contributed by atoms with van der Waals surface area (Å²) in [6, 6.07) is 3.63. The normalized spacial score (nSPS) is 36.4. The van der Waals surface area contributed by atoms with Gasteiger partial charge in [-0.3, -0.25) is 0 Å². The van der Waals surface area contributed by atoms with E-state index in [-0.39, 0.29) is 0 Å². The SMILES string of the molecule is CCc1cc(C#CC2OC(CO)C(O)C(O)C2O)cc(CC)c1C#CC1OC(CO)C(O)C(O)C1O. The van der Waals surface area contributed by atoms with E-state index >= 15 is 0 Å². The molecule has 2 fully saturated rings. The fourth-order valence-electron chi connectivity index (χ4n) is 4.30. The molecule has 0 radical (unpaired) electrons. The lowest BCUT2D eigenvalue weighted by atomic mass is 9.92. The number of aliphatic hydroxyl groups excluding tert-OH is 8. The van der Waals surface area contributed by atoms with E-state index in [1.807, 2.05) is 26.0 Å². The highest BCUT2D eigenvalue weighted by molar-refractivity contribution is 5.53. The summed E-state index contributed by atoms with van der Waals surface area (Å²) in [5, 5.41) is 79.1. The maximum atomic E-state index is 10.3. The van der Waals surface area contributed by atoms with E-state index < -0.39 is 74.3 Å². The van der Waals surface area contributed by atoms with Gasteiger partial charge in [0.05, 0.1) is 13.2 Å². The molecule has 2 aliphatic rings. The van der Waals surface area contributed by atoms with Gasteiger partial charge in [0.2, 0.25) is 0 Å². The molecule has 0 saturated carbocycles. The molecule has 1 aromatic rings. The second kappa shape index (κ2) is 12.5. The lowest BCUT2D eigenvalue weighted by Crippen LogP contribution is -2.58. The van der Waals surface area contributed by atoms with Crippen LogP contribution in [0.4, 0.5) is 0 Å². The Morgan fingerprint density at radius 3 is 1.44 bits per heavy atom. The number of ether oxygens (including phenoxy) is 2. The van der Waals surface area contributed by atoms with E-state index in [0.29, 0.717) is 24.0 Å². The van der Waals surface area contributed by atoms with Crippen LogP contribution in [0.25, 0.3) is 0 Å². The molecular weight excluding hydrogens is 472 g/mol. The average molecular weight is 507 g/mol. The largest absolute Gasteiger partial charge is 0.394 e. The Labute approximate surface area is 209 Å². The molecule has 10 heteroatoms. The molecular formula is C26H34O10.